The quantitative estimate of drug-likeness (QED) is 0.569. The Morgan fingerprint density at radius 2 is 1.84 bits per heavy atom. The first-order valence-electron chi connectivity index (χ1n) is 10.6. The number of carboxylic acids is 1. The van der Waals surface area contributed by atoms with E-state index < -0.39 is 11.8 Å². The summed E-state index contributed by atoms with van der Waals surface area (Å²) in [5.41, 5.74) is 3.44. The number of anilines is 1. The summed E-state index contributed by atoms with van der Waals surface area (Å²) in [5.74, 6) is -0.887. The van der Waals surface area contributed by atoms with E-state index >= 15 is 0 Å². The minimum absolute atomic E-state index is 0.0728. The lowest BCUT2D eigenvalue weighted by molar-refractivity contribution is -0.136. The van der Waals surface area contributed by atoms with Crippen LogP contribution in [-0.2, 0) is 24.2 Å². The molecule has 0 fully saturated rings. The van der Waals surface area contributed by atoms with Crippen LogP contribution < -0.4 is 9.64 Å². The van der Waals surface area contributed by atoms with Gasteiger partial charge < -0.3 is 14.7 Å². The number of benzene rings is 3. The first-order valence-corrected chi connectivity index (χ1v) is 10.6. The number of hydrogen-bond acceptors (Lipinski definition) is 3. The molecule has 0 spiro atoms. The summed E-state index contributed by atoms with van der Waals surface area (Å²) in [5, 5.41) is 8.79. The molecule has 0 bridgehead atoms. The number of carbonyl (C=O) groups is 2. The molecule has 164 valence electrons. The molecule has 5 nitrogen and oxygen atoms in total. The van der Waals surface area contributed by atoms with E-state index in [-0.39, 0.29) is 25.4 Å². The second kappa shape index (κ2) is 9.64. The Hall–Kier alpha value is -3.67. The highest BCUT2D eigenvalue weighted by molar-refractivity contribution is 6.07. The van der Waals surface area contributed by atoms with Gasteiger partial charge >= 0.3 is 5.97 Å². The molecule has 4 rings (SSSR count). The summed E-state index contributed by atoms with van der Waals surface area (Å²) >= 11 is 0. The molecule has 0 saturated carbocycles. The van der Waals surface area contributed by atoms with Crippen LogP contribution in [0.25, 0.3) is 0 Å². The lowest BCUT2D eigenvalue weighted by Gasteiger charge is -2.31. The van der Waals surface area contributed by atoms with Crippen molar-refractivity contribution in [2.75, 3.05) is 11.4 Å². The third-order valence-corrected chi connectivity index (χ3v) is 5.57. The number of para-hydroxylation sites is 1. The molecule has 1 N–H and O–H groups in total. The highest BCUT2D eigenvalue weighted by Crippen LogP contribution is 2.37. The fraction of sp³-hybridized carbons (Fsp3) is 0.231. The number of nitrogens with zero attached hydrogens (tertiary/aromatic N) is 1. The Bertz CT molecular complexity index is 1130. The number of halogens is 1. The molecule has 0 aromatic heterocycles. The summed E-state index contributed by atoms with van der Waals surface area (Å²) in [4.78, 5) is 25.6. The predicted molar refractivity (Wildman–Crippen MR) is 120 cm³/mol. The molecule has 1 heterocycles. The van der Waals surface area contributed by atoms with E-state index in [0.29, 0.717) is 29.0 Å². The third-order valence-electron chi connectivity index (χ3n) is 5.57. The number of aryl methyl sites for hydroxylation is 2. The number of ether oxygens (including phenoxy) is 1. The van der Waals surface area contributed by atoms with Crippen LogP contribution in [-0.4, -0.2) is 23.5 Å². The van der Waals surface area contributed by atoms with E-state index in [1.54, 1.807) is 29.2 Å². The van der Waals surface area contributed by atoms with Crippen molar-refractivity contribution in [3.05, 3.63) is 94.8 Å². The predicted octanol–water partition coefficient (Wildman–Crippen LogP) is 5.01. The molecule has 1 aliphatic rings. The van der Waals surface area contributed by atoms with Gasteiger partial charge in [0.25, 0.3) is 5.91 Å². The number of amides is 1. The van der Waals surface area contributed by atoms with Crippen LogP contribution in [0.3, 0.4) is 0 Å². The zero-order valence-electron chi connectivity index (χ0n) is 17.6. The fourth-order valence-corrected chi connectivity index (χ4v) is 3.96. The Morgan fingerprint density at radius 1 is 1.03 bits per heavy atom. The highest BCUT2D eigenvalue weighted by Gasteiger charge is 2.27. The molecular weight excluding hydrogens is 409 g/mol. The maximum Gasteiger partial charge on any atom is 0.303 e. The summed E-state index contributed by atoms with van der Waals surface area (Å²) in [7, 11) is 0. The van der Waals surface area contributed by atoms with Gasteiger partial charge in [0.15, 0.2) is 0 Å². The van der Waals surface area contributed by atoms with Crippen molar-refractivity contribution >= 4 is 17.6 Å². The van der Waals surface area contributed by atoms with Crippen LogP contribution in [0.4, 0.5) is 10.1 Å². The van der Waals surface area contributed by atoms with Gasteiger partial charge in [0.05, 0.1) is 5.69 Å². The van der Waals surface area contributed by atoms with Crippen LogP contribution in [0.2, 0.25) is 0 Å². The largest absolute Gasteiger partial charge is 0.487 e. The fourth-order valence-electron chi connectivity index (χ4n) is 3.96. The Balaban J connectivity index is 1.54. The lowest BCUT2D eigenvalue weighted by atomic mass is 10.00. The molecule has 0 unspecified atom stereocenters. The van der Waals surface area contributed by atoms with E-state index in [9.17, 15) is 14.0 Å². The molecule has 0 atom stereocenters. The first-order chi connectivity index (χ1) is 15.5. The van der Waals surface area contributed by atoms with Gasteiger partial charge in [-0.05, 0) is 60.2 Å². The van der Waals surface area contributed by atoms with E-state index in [4.69, 9.17) is 9.84 Å². The minimum Gasteiger partial charge on any atom is -0.487 e. The zero-order valence-corrected chi connectivity index (χ0v) is 17.6. The number of rotatable bonds is 7. The average Bonchev–Trinajstić information content (AvgIpc) is 2.81. The van der Waals surface area contributed by atoms with Crippen LogP contribution in [0.1, 0.15) is 39.9 Å². The zero-order chi connectivity index (χ0) is 22.5. The SMILES string of the molecule is O=C(O)CCc1ccc(COc2cccc3c2N(C(=O)c2ccccc2)CCC3)cc1F. The monoisotopic (exact) mass is 433 g/mol. The number of aliphatic carboxylic acids is 1. The van der Waals surface area contributed by atoms with Crippen molar-refractivity contribution in [2.45, 2.75) is 32.3 Å². The lowest BCUT2D eigenvalue weighted by Crippen LogP contribution is -2.35. The average molecular weight is 433 g/mol. The molecule has 3 aromatic carbocycles. The first kappa shape index (κ1) is 21.6. The van der Waals surface area contributed by atoms with Gasteiger partial charge in [-0.25, -0.2) is 4.39 Å². The maximum absolute atomic E-state index is 14.4. The van der Waals surface area contributed by atoms with E-state index in [1.165, 1.54) is 6.07 Å². The second-order valence-corrected chi connectivity index (χ2v) is 7.80. The summed E-state index contributed by atoms with van der Waals surface area (Å²) in [6, 6.07) is 19.6. The topological polar surface area (TPSA) is 66.8 Å². The van der Waals surface area contributed by atoms with Crippen molar-refractivity contribution in [3.8, 4) is 5.75 Å². The van der Waals surface area contributed by atoms with Gasteiger partial charge in [0.1, 0.15) is 18.2 Å². The van der Waals surface area contributed by atoms with Crippen LogP contribution in [0.15, 0.2) is 66.7 Å². The number of fused-ring (bicyclic) bond motifs is 1. The molecule has 1 aliphatic heterocycles. The molecule has 32 heavy (non-hydrogen) atoms. The van der Waals surface area contributed by atoms with Crippen molar-refractivity contribution in [2.24, 2.45) is 0 Å². The Kier molecular flexibility index (Phi) is 6.50. The number of carboxylic acid groups (broad SMARTS) is 1. The molecular formula is C26H24FNO4. The van der Waals surface area contributed by atoms with E-state index in [1.807, 2.05) is 36.4 Å². The molecule has 0 aliphatic carbocycles. The van der Waals surface area contributed by atoms with Crippen molar-refractivity contribution in [1.82, 2.24) is 0 Å². The van der Waals surface area contributed by atoms with Gasteiger partial charge in [-0.1, -0.05) is 42.5 Å². The third kappa shape index (κ3) is 4.80. The number of carbonyl (C=O) groups excluding carboxylic acids is 1. The summed E-state index contributed by atoms with van der Waals surface area (Å²) in [6.07, 6.45) is 1.76. The minimum atomic E-state index is -0.958. The Labute approximate surface area is 186 Å². The van der Waals surface area contributed by atoms with Crippen molar-refractivity contribution in [1.29, 1.82) is 0 Å². The molecule has 1 amide bonds. The smallest absolute Gasteiger partial charge is 0.303 e. The van der Waals surface area contributed by atoms with Crippen molar-refractivity contribution < 1.29 is 23.8 Å². The standard InChI is InChI=1S/C26H24FNO4/c27-22-16-18(11-12-19(22)13-14-24(29)30)17-32-23-10-4-8-20-9-5-15-28(25(20)23)26(31)21-6-2-1-3-7-21/h1-4,6-8,10-12,16H,5,9,13-15,17H2,(H,29,30). The van der Waals surface area contributed by atoms with Gasteiger partial charge in [0.2, 0.25) is 0 Å². The summed E-state index contributed by atoms with van der Waals surface area (Å²) in [6.45, 7) is 0.744. The second-order valence-electron chi connectivity index (χ2n) is 7.80. The van der Waals surface area contributed by atoms with Crippen LogP contribution in [0, 0.1) is 5.82 Å². The summed E-state index contributed by atoms with van der Waals surface area (Å²) < 4.78 is 20.4. The normalized spacial score (nSPS) is 12.8. The highest BCUT2D eigenvalue weighted by atomic mass is 19.1. The van der Waals surface area contributed by atoms with E-state index in [0.717, 1.165) is 24.1 Å². The van der Waals surface area contributed by atoms with E-state index in [2.05, 4.69) is 0 Å². The molecule has 6 heteroatoms. The van der Waals surface area contributed by atoms with Gasteiger partial charge in [-0.3, -0.25) is 9.59 Å². The van der Waals surface area contributed by atoms with Crippen LogP contribution in [0.5, 0.6) is 5.75 Å². The van der Waals surface area contributed by atoms with Gasteiger partial charge in [-0.2, -0.15) is 0 Å². The molecule has 0 radical (unpaired) electrons. The Morgan fingerprint density at radius 3 is 2.59 bits per heavy atom. The maximum atomic E-state index is 14.4. The van der Waals surface area contributed by atoms with Gasteiger partial charge in [-0.15, -0.1) is 0 Å². The van der Waals surface area contributed by atoms with Crippen molar-refractivity contribution in [3.63, 3.8) is 0 Å². The molecule has 0 saturated heterocycles. The number of hydrogen-bond donors (Lipinski definition) is 1. The molecule has 3 aromatic rings. The van der Waals surface area contributed by atoms with Crippen LogP contribution >= 0.6 is 0 Å². The van der Waals surface area contributed by atoms with Gasteiger partial charge in [0, 0.05) is 18.5 Å².